The van der Waals surface area contributed by atoms with Crippen LogP contribution in [0, 0.1) is 0 Å². The van der Waals surface area contributed by atoms with Crippen molar-refractivity contribution in [3.05, 3.63) is 136 Å². The van der Waals surface area contributed by atoms with Crippen LogP contribution in [0.25, 0.3) is 22.0 Å². The topological polar surface area (TPSA) is 174 Å². The van der Waals surface area contributed by atoms with Gasteiger partial charge < -0.3 is 34.8 Å². The smallest absolute Gasteiger partial charge is 0.416 e. The zero-order valence-electron chi connectivity index (χ0n) is 32.3. The number of aliphatic hydroxyl groups excluding tert-OH is 2. The molecule has 0 saturated carbocycles. The third-order valence-corrected chi connectivity index (χ3v) is 9.65. The number of aromatic nitrogens is 2. The number of para-hydroxylation sites is 1. The minimum absolute atomic E-state index is 0.0180. The van der Waals surface area contributed by atoms with Crippen LogP contribution in [0.3, 0.4) is 0 Å². The number of rotatable bonds is 16. The minimum atomic E-state index is -4.39. The van der Waals surface area contributed by atoms with Crippen LogP contribution < -0.4 is 5.56 Å². The third kappa shape index (κ3) is 12.1. The van der Waals surface area contributed by atoms with Crippen LogP contribution in [0.2, 0.25) is 0 Å². The molecule has 4 N–H and O–H groups in total. The molecule has 0 aliphatic rings. The zero-order chi connectivity index (χ0) is 42.6. The predicted molar refractivity (Wildman–Crippen MR) is 212 cm³/mol. The standard InChI is InChI=1S/C39H41F3N4O2.C4H6O6/c1-4-44(5-2)23-24-45(26-30-15-17-31(18-16-30)32-19-21-33(22-20-32)39(40,41)42)36(47)27-46-35-14-10-9-13-34(35)38(48)43-37(46)28(3)25-29-11-7-6-8-12-29;5-1(3(7)8)2(6)4(9)10/h6-22,28H,4-5,23-27H2,1-3H3;1-2,5-6H,(H,7,8)(H,9,10). The highest BCUT2D eigenvalue weighted by Crippen LogP contribution is 2.31. The first kappa shape index (κ1) is 44.8. The van der Waals surface area contributed by atoms with Crippen molar-refractivity contribution in [2.24, 2.45) is 0 Å². The molecule has 1 heterocycles. The van der Waals surface area contributed by atoms with Crippen molar-refractivity contribution in [1.82, 2.24) is 19.4 Å². The molecule has 0 aliphatic carbocycles. The number of hydrogen-bond acceptors (Lipinski definition) is 8. The number of nitrogens with zero attached hydrogens (tertiary/aromatic N) is 4. The fourth-order valence-corrected chi connectivity index (χ4v) is 6.31. The summed E-state index contributed by atoms with van der Waals surface area (Å²) in [7, 11) is 0. The van der Waals surface area contributed by atoms with Crippen molar-refractivity contribution < 1.29 is 48.0 Å². The Morgan fingerprint density at radius 2 is 1.28 bits per heavy atom. The average Bonchev–Trinajstić information content (AvgIpc) is 3.21. The highest BCUT2D eigenvalue weighted by atomic mass is 19.4. The molecule has 3 unspecified atom stereocenters. The number of benzene rings is 4. The van der Waals surface area contributed by atoms with E-state index in [4.69, 9.17) is 20.4 Å². The lowest BCUT2D eigenvalue weighted by atomic mass is 9.99. The highest BCUT2D eigenvalue weighted by molar-refractivity contribution is 5.83. The van der Waals surface area contributed by atoms with Gasteiger partial charge in [0.15, 0.2) is 12.2 Å². The van der Waals surface area contributed by atoms with E-state index < -0.39 is 35.9 Å². The molecule has 3 atom stereocenters. The van der Waals surface area contributed by atoms with E-state index >= 15 is 0 Å². The van der Waals surface area contributed by atoms with Gasteiger partial charge in [-0.3, -0.25) is 9.59 Å². The number of hydrogen-bond donors (Lipinski definition) is 4. The molecule has 0 fully saturated rings. The lowest BCUT2D eigenvalue weighted by molar-refractivity contribution is -0.165. The van der Waals surface area contributed by atoms with Gasteiger partial charge >= 0.3 is 18.1 Å². The van der Waals surface area contributed by atoms with Crippen molar-refractivity contribution in [2.75, 3.05) is 26.2 Å². The van der Waals surface area contributed by atoms with E-state index in [2.05, 4.69) is 23.7 Å². The maximum absolute atomic E-state index is 14.3. The Hall–Kier alpha value is -5.90. The lowest BCUT2D eigenvalue weighted by Gasteiger charge is -2.28. The number of carboxylic acids is 2. The van der Waals surface area contributed by atoms with Crippen molar-refractivity contribution in [1.29, 1.82) is 0 Å². The Morgan fingerprint density at radius 1 is 0.741 bits per heavy atom. The fourth-order valence-electron chi connectivity index (χ4n) is 6.31. The maximum Gasteiger partial charge on any atom is 0.416 e. The van der Waals surface area contributed by atoms with Gasteiger partial charge in [-0.25, -0.2) is 9.59 Å². The molecular weight excluding hydrogens is 757 g/mol. The lowest BCUT2D eigenvalue weighted by Crippen LogP contribution is -2.40. The summed E-state index contributed by atoms with van der Waals surface area (Å²) < 4.78 is 41.0. The summed E-state index contributed by atoms with van der Waals surface area (Å²) in [6.45, 7) is 9.50. The van der Waals surface area contributed by atoms with E-state index in [0.29, 0.717) is 48.3 Å². The van der Waals surface area contributed by atoms with E-state index in [1.54, 1.807) is 12.1 Å². The Balaban J connectivity index is 0.000000657. The number of aliphatic carboxylic acids is 2. The number of alkyl halides is 3. The number of fused-ring (bicyclic) bond motifs is 1. The van der Waals surface area contributed by atoms with Gasteiger partial charge in [-0.2, -0.15) is 18.2 Å². The van der Waals surface area contributed by atoms with E-state index in [9.17, 15) is 32.3 Å². The fraction of sp³-hybridized carbons (Fsp3) is 0.326. The van der Waals surface area contributed by atoms with Crippen LogP contribution >= 0.6 is 0 Å². The quantitative estimate of drug-likeness (QED) is 0.0973. The van der Waals surface area contributed by atoms with Gasteiger partial charge in [-0.15, -0.1) is 0 Å². The molecular formula is C43H47F3N4O8. The Morgan fingerprint density at radius 3 is 1.81 bits per heavy atom. The molecule has 12 nitrogen and oxygen atoms in total. The third-order valence-electron chi connectivity index (χ3n) is 9.65. The van der Waals surface area contributed by atoms with Gasteiger partial charge in [0.25, 0.3) is 5.56 Å². The molecule has 1 amide bonds. The molecule has 0 spiro atoms. The summed E-state index contributed by atoms with van der Waals surface area (Å²) in [5.74, 6) is -3.19. The SMILES string of the molecule is CCN(CC)CCN(Cc1ccc(-c2ccc(C(F)(F)F)cc2)cc1)C(=O)Cn1c(C(C)Cc2ccccc2)nc(=O)c2ccccc21.O=C(O)C(O)C(O)C(=O)O. The monoisotopic (exact) mass is 804 g/mol. The number of carboxylic acid groups (broad SMARTS) is 2. The van der Waals surface area contributed by atoms with Crippen molar-refractivity contribution in [3.63, 3.8) is 0 Å². The van der Waals surface area contributed by atoms with Crippen molar-refractivity contribution >= 4 is 28.7 Å². The van der Waals surface area contributed by atoms with Crippen LogP contribution in [-0.2, 0) is 40.1 Å². The Labute approximate surface area is 333 Å². The number of amides is 1. The molecule has 0 saturated heterocycles. The zero-order valence-corrected chi connectivity index (χ0v) is 32.3. The maximum atomic E-state index is 14.3. The van der Waals surface area contributed by atoms with Crippen LogP contribution in [0.15, 0.2) is 108 Å². The number of carbonyl (C=O) groups excluding carboxylic acids is 1. The van der Waals surface area contributed by atoms with Crippen molar-refractivity contribution in [2.45, 2.75) is 64.6 Å². The van der Waals surface area contributed by atoms with E-state index in [1.165, 1.54) is 12.1 Å². The van der Waals surface area contributed by atoms with E-state index in [-0.39, 0.29) is 23.9 Å². The Kier molecular flexibility index (Phi) is 15.8. The molecule has 15 heteroatoms. The summed E-state index contributed by atoms with van der Waals surface area (Å²) in [6.07, 6.45) is -8.26. The van der Waals surface area contributed by atoms with Crippen molar-refractivity contribution in [3.8, 4) is 11.1 Å². The number of halogens is 3. The normalized spacial score (nSPS) is 13.0. The second-order valence-corrected chi connectivity index (χ2v) is 13.6. The van der Waals surface area contributed by atoms with Crippen LogP contribution in [-0.4, -0.2) is 96.0 Å². The first-order valence-corrected chi connectivity index (χ1v) is 18.7. The molecule has 0 bridgehead atoms. The highest BCUT2D eigenvalue weighted by Gasteiger charge is 2.30. The van der Waals surface area contributed by atoms with Gasteiger partial charge in [0.05, 0.1) is 16.5 Å². The van der Waals surface area contributed by atoms with E-state index in [1.807, 2.05) is 83.1 Å². The number of aliphatic hydroxyl groups is 2. The number of likely N-dealkylation sites (N-methyl/N-ethyl adjacent to an activating group) is 1. The summed E-state index contributed by atoms with van der Waals surface area (Å²) in [6, 6.07) is 30.0. The van der Waals surface area contributed by atoms with Gasteiger partial charge in [0.1, 0.15) is 12.4 Å². The van der Waals surface area contributed by atoms with E-state index in [0.717, 1.165) is 41.9 Å². The first-order valence-electron chi connectivity index (χ1n) is 18.7. The Bertz CT molecular complexity index is 2180. The number of carbonyl (C=O) groups is 3. The second-order valence-electron chi connectivity index (χ2n) is 13.6. The summed E-state index contributed by atoms with van der Waals surface area (Å²) in [5.41, 5.74) is 3.16. The van der Waals surface area contributed by atoms with Gasteiger partial charge in [0.2, 0.25) is 5.91 Å². The molecule has 5 rings (SSSR count). The molecule has 58 heavy (non-hydrogen) atoms. The molecule has 308 valence electrons. The second kappa shape index (κ2) is 20.5. The summed E-state index contributed by atoms with van der Waals surface area (Å²) in [5, 5.41) is 33.0. The van der Waals surface area contributed by atoms with Gasteiger partial charge in [-0.05, 0) is 66.0 Å². The molecule has 0 aliphatic heterocycles. The largest absolute Gasteiger partial charge is 0.479 e. The molecule has 1 aromatic heterocycles. The predicted octanol–water partition coefficient (Wildman–Crippen LogP) is 5.68. The summed E-state index contributed by atoms with van der Waals surface area (Å²) in [4.78, 5) is 55.5. The van der Waals surface area contributed by atoms with Gasteiger partial charge in [-0.1, -0.05) is 99.6 Å². The molecule has 4 aromatic carbocycles. The van der Waals surface area contributed by atoms with Gasteiger partial charge in [0, 0.05) is 25.6 Å². The molecule has 5 aromatic rings. The minimum Gasteiger partial charge on any atom is -0.479 e. The van der Waals surface area contributed by atoms with Crippen LogP contribution in [0.5, 0.6) is 0 Å². The molecule has 0 radical (unpaired) electrons. The summed E-state index contributed by atoms with van der Waals surface area (Å²) >= 11 is 0. The van der Waals surface area contributed by atoms with Crippen LogP contribution in [0.1, 0.15) is 49.2 Å². The first-order chi connectivity index (χ1) is 27.5. The average molecular weight is 805 g/mol. The van der Waals surface area contributed by atoms with Crippen LogP contribution in [0.4, 0.5) is 13.2 Å².